The maximum atomic E-state index is 4.70. The van der Waals surface area contributed by atoms with E-state index in [1.54, 1.807) is 0 Å². The van der Waals surface area contributed by atoms with Crippen LogP contribution in [0.25, 0.3) is 0 Å². The predicted molar refractivity (Wildman–Crippen MR) is 85.7 cm³/mol. The minimum Gasteiger partial charge on any atom is -0.356 e. The summed E-state index contributed by atoms with van der Waals surface area (Å²) in [6, 6.07) is 2.03. The van der Waals surface area contributed by atoms with Gasteiger partial charge in [-0.25, -0.2) is 9.97 Å². The first kappa shape index (κ1) is 16.4. The van der Waals surface area contributed by atoms with E-state index in [-0.39, 0.29) is 0 Å². The van der Waals surface area contributed by atoms with E-state index < -0.39 is 0 Å². The molecule has 0 saturated heterocycles. The molecule has 0 fully saturated rings. The van der Waals surface area contributed by atoms with Gasteiger partial charge in [0.15, 0.2) is 0 Å². The van der Waals surface area contributed by atoms with Crippen molar-refractivity contribution in [2.75, 3.05) is 18.0 Å². The van der Waals surface area contributed by atoms with Gasteiger partial charge in [0.2, 0.25) is 0 Å². The maximum absolute atomic E-state index is 4.70. The molecule has 0 unspecified atom stereocenters. The van der Waals surface area contributed by atoms with Crippen molar-refractivity contribution in [3.05, 3.63) is 16.5 Å². The molecule has 19 heavy (non-hydrogen) atoms. The van der Waals surface area contributed by atoms with E-state index in [4.69, 9.17) is 4.98 Å². The van der Waals surface area contributed by atoms with Gasteiger partial charge in [0.1, 0.15) is 16.2 Å². The number of hydrogen-bond donors (Lipinski definition) is 0. The number of aromatic nitrogens is 2. The molecule has 0 aliphatic heterocycles. The van der Waals surface area contributed by atoms with Gasteiger partial charge in [-0.1, -0.05) is 33.6 Å². The van der Waals surface area contributed by atoms with Crippen LogP contribution >= 0.6 is 15.9 Å². The molecule has 0 aliphatic carbocycles. The van der Waals surface area contributed by atoms with Gasteiger partial charge in [0, 0.05) is 25.6 Å². The van der Waals surface area contributed by atoms with Gasteiger partial charge in [0.05, 0.1) is 0 Å². The van der Waals surface area contributed by atoms with Crippen molar-refractivity contribution in [3.8, 4) is 0 Å². The minimum atomic E-state index is 0.739. The van der Waals surface area contributed by atoms with E-state index in [0.29, 0.717) is 0 Å². The fourth-order valence-corrected chi connectivity index (χ4v) is 2.60. The molecule has 0 aromatic carbocycles. The molecule has 0 bridgehead atoms. The van der Waals surface area contributed by atoms with Crippen LogP contribution in [0.3, 0.4) is 0 Å². The fourth-order valence-electron chi connectivity index (χ4n) is 2.19. The lowest BCUT2D eigenvalue weighted by molar-refractivity contribution is 0.484. The Bertz CT molecular complexity index is 378. The van der Waals surface area contributed by atoms with Crippen molar-refractivity contribution in [1.29, 1.82) is 0 Å². The topological polar surface area (TPSA) is 29.0 Å². The third-order valence-corrected chi connectivity index (χ3v) is 3.95. The number of rotatable bonds is 8. The third kappa shape index (κ3) is 5.09. The van der Waals surface area contributed by atoms with Gasteiger partial charge in [-0.2, -0.15) is 0 Å². The van der Waals surface area contributed by atoms with Gasteiger partial charge < -0.3 is 4.90 Å². The summed E-state index contributed by atoms with van der Waals surface area (Å²) >= 11 is 3.50. The van der Waals surface area contributed by atoms with Gasteiger partial charge in [-0.15, -0.1) is 0 Å². The van der Waals surface area contributed by atoms with E-state index in [1.807, 2.05) is 6.07 Å². The van der Waals surface area contributed by atoms with Crippen molar-refractivity contribution in [3.63, 3.8) is 0 Å². The summed E-state index contributed by atoms with van der Waals surface area (Å²) < 4.78 is 0.893. The Morgan fingerprint density at radius 1 is 1.16 bits per heavy atom. The molecule has 0 radical (unpaired) electrons. The molecule has 0 atom stereocenters. The molecular formula is C15H26BrN3. The summed E-state index contributed by atoms with van der Waals surface area (Å²) in [5.74, 6) is 2.73. The molecule has 0 saturated carbocycles. The number of hydrogen-bond acceptors (Lipinski definition) is 3. The lowest BCUT2D eigenvalue weighted by Crippen LogP contribution is -2.30. The standard InChI is InChI=1S/C15H26BrN3/c1-5-9-14-17-13(16)10-15(18-14)19(8-4)11-12(6-2)7-3/h10,12H,5-9,11H2,1-4H3. The highest BCUT2D eigenvalue weighted by molar-refractivity contribution is 9.10. The average molecular weight is 328 g/mol. The maximum Gasteiger partial charge on any atom is 0.133 e. The third-order valence-electron chi connectivity index (χ3n) is 3.54. The highest BCUT2D eigenvalue weighted by atomic mass is 79.9. The lowest BCUT2D eigenvalue weighted by Gasteiger charge is -2.26. The monoisotopic (exact) mass is 327 g/mol. The van der Waals surface area contributed by atoms with E-state index in [1.165, 1.54) is 12.8 Å². The molecular weight excluding hydrogens is 302 g/mol. The zero-order valence-electron chi connectivity index (χ0n) is 12.6. The highest BCUT2D eigenvalue weighted by Gasteiger charge is 2.13. The summed E-state index contributed by atoms with van der Waals surface area (Å²) in [4.78, 5) is 11.5. The molecule has 1 aromatic heterocycles. The second kappa shape index (κ2) is 8.51. The molecule has 1 rings (SSSR count). The van der Waals surface area contributed by atoms with Gasteiger partial charge in [-0.05, 0) is 35.2 Å². The first-order valence-corrected chi connectivity index (χ1v) is 8.22. The molecule has 0 amide bonds. The Morgan fingerprint density at radius 3 is 2.37 bits per heavy atom. The number of halogens is 1. The Labute approximate surface area is 126 Å². The number of anilines is 1. The van der Waals surface area contributed by atoms with Gasteiger partial charge >= 0.3 is 0 Å². The minimum absolute atomic E-state index is 0.739. The Hall–Kier alpha value is -0.640. The molecule has 3 nitrogen and oxygen atoms in total. The predicted octanol–water partition coefficient (Wildman–Crippen LogP) is 4.45. The summed E-state index contributed by atoms with van der Waals surface area (Å²) in [7, 11) is 0. The first-order valence-electron chi connectivity index (χ1n) is 7.42. The van der Waals surface area contributed by atoms with Crippen LogP contribution in [0.4, 0.5) is 5.82 Å². The molecule has 0 spiro atoms. The molecule has 0 N–H and O–H groups in total. The van der Waals surface area contributed by atoms with Crippen LogP contribution in [0, 0.1) is 5.92 Å². The molecule has 108 valence electrons. The second-order valence-electron chi connectivity index (χ2n) is 4.94. The van der Waals surface area contributed by atoms with Crippen molar-refractivity contribution in [2.45, 2.75) is 53.4 Å². The molecule has 0 aliphatic rings. The number of nitrogens with zero attached hydrogens (tertiary/aromatic N) is 3. The molecule has 1 aromatic rings. The van der Waals surface area contributed by atoms with Crippen LogP contribution in [0.1, 0.15) is 52.8 Å². The highest BCUT2D eigenvalue weighted by Crippen LogP contribution is 2.20. The van der Waals surface area contributed by atoms with Crippen LogP contribution in [0.2, 0.25) is 0 Å². The SMILES string of the molecule is CCCc1nc(Br)cc(N(CC)CC(CC)CC)n1. The summed E-state index contributed by atoms with van der Waals surface area (Å²) in [5.41, 5.74) is 0. The van der Waals surface area contributed by atoms with Gasteiger partial charge in [0.25, 0.3) is 0 Å². The van der Waals surface area contributed by atoms with Crippen molar-refractivity contribution >= 4 is 21.7 Å². The Morgan fingerprint density at radius 2 is 1.84 bits per heavy atom. The van der Waals surface area contributed by atoms with E-state index in [9.17, 15) is 0 Å². The van der Waals surface area contributed by atoms with Crippen molar-refractivity contribution in [1.82, 2.24) is 9.97 Å². The first-order chi connectivity index (χ1) is 9.14. The second-order valence-corrected chi connectivity index (χ2v) is 5.75. The van der Waals surface area contributed by atoms with Crippen molar-refractivity contribution < 1.29 is 0 Å². The lowest BCUT2D eigenvalue weighted by atomic mass is 10.0. The summed E-state index contributed by atoms with van der Waals surface area (Å²) in [5, 5.41) is 0. The normalized spacial score (nSPS) is 11.1. The summed E-state index contributed by atoms with van der Waals surface area (Å²) in [6.45, 7) is 11.0. The van der Waals surface area contributed by atoms with Gasteiger partial charge in [-0.3, -0.25) is 0 Å². The number of aryl methyl sites for hydroxylation is 1. The Balaban J connectivity index is 2.90. The smallest absolute Gasteiger partial charge is 0.133 e. The fraction of sp³-hybridized carbons (Fsp3) is 0.733. The Kier molecular flexibility index (Phi) is 7.36. The zero-order valence-corrected chi connectivity index (χ0v) is 14.2. The van der Waals surface area contributed by atoms with Crippen LogP contribution in [-0.4, -0.2) is 23.1 Å². The zero-order chi connectivity index (χ0) is 14.3. The molecule has 4 heteroatoms. The average Bonchev–Trinajstić information content (AvgIpc) is 2.40. The van der Waals surface area contributed by atoms with E-state index in [0.717, 1.165) is 48.1 Å². The summed E-state index contributed by atoms with van der Waals surface area (Å²) in [6.07, 6.45) is 4.46. The van der Waals surface area contributed by atoms with Crippen LogP contribution in [0.15, 0.2) is 10.7 Å². The van der Waals surface area contributed by atoms with Crippen LogP contribution < -0.4 is 4.90 Å². The van der Waals surface area contributed by atoms with Crippen molar-refractivity contribution in [2.24, 2.45) is 5.92 Å². The quantitative estimate of drug-likeness (QED) is 0.660. The van der Waals surface area contributed by atoms with E-state index >= 15 is 0 Å². The largest absolute Gasteiger partial charge is 0.356 e. The molecule has 1 heterocycles. The van der Waals surface area contributed by atoms with Crippen LogP contribution in [0.5, 0.6) is 0 Å². The van der Waals surface area contributed by atoms with Crippen LogP contribution in [-0.2, 0) is 6.42 Å². The van der Waals surface area contributed by atoms with E-state index in [2.05, 4.69) is 53.5 Å².